The largest absolute Gasteiger partial charge is 0.492 e. The standard InChI is InChI=1S/C15H25NO/c1-6-13(16-5)11-17-14-9-7-8-12(10-14)15(2,3)4/h7-10,13,16H,6,11H2,1-5H3. The highest BCUT2D eigenvalue weighted by Crippen LogP contribution is 2.25. The summed E-state index contributed by atoms with van der Waals surface area (Å²) in [5.41, 5.74) is 1.49. The molecule has 1 aromatic carbocycles. The van der Waals surface area contributed by atoms with E-state index in [9.17, 15) is 0 Å². The molecule has 2 heteroatoms. The molecule has 0 spiro atoms. The van der Waals surface area contributed by atoms with E-state index in [4.69, 9.17) is 4.74 Å². The number of hydrogen-bond acceptors (Lipinski definition) is 2. The summed E-state index contributed by atoms with van der Waals surface area (Å²) in [6.07, 6.45) is 1.08. The first-order chi connectivity index (χ1) is 7.97. The van der Waals surface area contributed by atoms with Crippen molar-refractivity contribution in [3.05, 3.63) is 29.8 Å². The molecule has 0 aliphatic carbocycles. The number of nitrogens with one attached hydrogen (secondary N) is 1. The first kappa shape index (κ1) is 14.0. The van der Waals surface area contributed by atoms with Crippen LogP contribution >= 0.6 is 0 Å². The van der Waals surface area contributed by atoms with Crippen molar-refractivity contribution in [1.29, 1.82) is 0 Å². The highest BCUT2D eigenvalue weighted by Gasteiger charge is 2.14. The second-order valence-corrected chi connectivity index (χ2v) is 5.48. The van der Waals surface area contributed by atoms with E-state index in [1.807, 2.05) is 13.1 Å². The smallest absolute Gasteiger partial charge is 0.119 e. The van der Waals surface area contributed by atoms with Gasteiger partial charge in [0, 0.05) is 6.04 Å². The maximum Gasteiger partial charge on any atom is 0.119 e. The molecule has 2 nitrogen and oxygen atoms in total. The van der Waals surface area contributed by atoms with Gasteiger partial charge in [0.15, 0.2) is 0 Å². The van der Waals surface area contributed by atoms with E-state index in [2.05, 4.69) is 51.2 Å². The first-order valence-electron chi connectivity index (χ1n) is 6.38. The lowest BCUT2D eigenvalue weighted by molar-refractivity contribution is 0.266. The number of benzene rings is 1. The van der Waals surface area contributed by atoms with E-state index < -0.39 is 0 Å². The molecule has 0 bridgehead atoms. The predicted octanol–water partition coefficient (Wildman–Crippen LogP) is 3.36. The van der Waals surface area contributed by atoms with Gasteiger partial charge in [-0.15, -0.1) is 0 Å². The third-order valence-corrected chi connectivity index (χ3v) is 3.05. The third kappa shape index (κ3) is 4.39. The van der Waals surface area contributed by atoms with Crippen LogP contribution in [0.3, 0.4) is 0 Å². The minimum absolute atomic E-state index is 0.173. The van der Waals surface area contributed by atoms with Crippen molar-refractivity contribution in [2.45, 2.75) is 45.6 Å². The van der Waals surface area contributed by atoms with Crippen LogP contribution in [0.15, 0.2) is 24.3 Å². The normalized spacial score (nSPS) is 13.5. The molecule has 0 fully saturated rings. The molecule has 0 aliphatic rings. The fourth-order valence-electron chi connectivity index (χ4n) is 1.65. The molecule has 1 unspecified atom stereocenters. The Kier molecular flexibility index (Phi) is 5.01. The molecule has 96 valence electrons. The van der Waals surface area contributed by atoms with Crippen LogP contribution in [0, 0.1) is 0 Å². The molecular formula is C15H25NO. The van der Waals surface area contributed by atoms with Gasteiger partial charge >= 0.3 is 0 Å². The molecule has 0 aromatic heterocycles. The van der Waals surface area contributed by atoms with Crippen LogP contribution in [0.4, 0.5) is 0 Å². The van der Waals surface area contributed by atoms with Crippen LogP contribution in [0.2, 0.25) is 0 Å². The van der Waals surface area contributed by atoms with Crippen LogP contribution < -0.4 is 10.1 Å². The molecule has 0 radical (unpaired) electrons. The molecule has 0 amide bonds. The van der Waals surface area contributed by atoms with Gasteiger partial charge in [-0.2, -0.15) is 0 Å². The molecule has 0 aliphatic heterocycles. The Morgan fingerprint density at radius 3 is 2.53 bits per heavy atom. The van der Waals surface area contributed by atoms with Gasteiger partial charge in [-0.25, -0.2) is 0 Å². The molecular weight excluding hydrogens is 210 g/mol. The van der Waals surface area contributed by atoms with Gasteiger partial charge in [-0.1, -0.05) is 39.8 Å². The summed E-state index contributed by atoms with van der Waals surface area (Å²) < 4.78 is 5.82. The SMILES string of the molecule is CCC(COc1cccc(C(C)(C)C)c1)NC. The quantitative estimate of drug-likeness (QED) is 0.845. The number of rotatable bonds is 5. The van der Waals surface area contributed by atoms with Crippen molar-refractivity contribution in [2.75, 3.05) is 13.7 Å². The van der Waals surface area contributed by atoms with Crippen molar-refractivity contribution in [2.24, 2.45) is 0 Å². The zero-order valence-electron chi connectivity index (χ0n) is 11.7. The molecule has 0 saturated heterocycles. The molecule has 0 saturated carbocycles. The monoisotopic (exact) mass is 235 g/mol. The fraction of sp³-hybridized carbons (Fsp3) is 0.600. The molecule has 17 heavy (non-hydrogen) atoms. The minimum Gasteiger partial charge on any atom is -0.492 e. The Hall–Kier alpha value is -1.02. The number of hydrogen-bond donors (Lipinski definition) is 1. The highest BCUT2D eigenvalue weighted by molar-refractivity contribution is 5.32. The molecule has 0 heterocycles. The van der Waals surface area contributed by atoms with Crippen molar-refractivity contribution in [1.82, 2.24) is 5.32 Å². The summed E-state index contributed by atoms with van der Waals surface area (Å²) in [5.74, 6) is 0.964. The third-order valence-electron chi connectivity index (χ3n) is 3.05. The van der Waals surface area contributed by atoms with Crippen molar-refractivity contribution < 1.29 is 4.74 Å². The summed E-state index contributed by atoms with van der Waals surface area (Å²) in [6.45, 7) is 9.54. The van der Waals surface area contributed by atoms with Gasteiger partial charge in [0.25, 0.3) is 0 Å². The summed E-state index contributed by atoms with van der Waals surface area (Å²) in [5, 5.41) is 3.24. The first-order valence-corrected chi connectivity index (χ1v) is 6.38. The lowest BCUT2D eigenvalue weighted by Crippen LogP contribution is -2.30. The van der Waals surface area contributed by atoms with E-state index >= 15 is 0 Å². The van der Waals surface area contributed by atoms with Gasteiger partial charge in [-0.3, -0.25) is 0 Å². The van der Waals surface area contributed by atoms with Gasteiger partial charge < -0.3 is 10.1 Å². The summed E-state index contributed by atoms with van der Waals surface area (Å²) in [6, 6.07) is 8.81. The Morgan fingerprint density at radius 2 is 2.00 bits per heavy atom. The Labute approximate surface area is 105 Å². The van der Waals surface area contributed by atoms with Crippen LogP contribution in [0.25, 0.3) is 0 Å². The average Bonchev–Trinajstić information content (AvgIpc) is 2.30. The van der Waals surface area contributed by atoms with Crippen molar-refractivity contribution >= 4 is 0 Å². The molecule has 1 N–H and O–H groups in total. The van der Waals surface area contributed by atoms with E-state index in [0.717, 1.165) is 18.8 Å². The van der Waals surface area contributed by atoms with Crippen molar-refractivity contribution in [3.8, 4) is 5.75 Å². The van der Waals surface area contributed by atoms with E-state index in [1.54, 1.807) is 0 Å². The van der Waals surface area contributed by atoms with Crippen molar-refractivity contribution in [3.63, 3.8) is 0 Å². The zero-order chi connectivity index (χ0) is 12.9. The Bertz CT molecular complexity index is 337. The topological polar surface area (TPSA) is 21.3 Å². The summed E-state index contributed by atoms with van der Waals surface area (Å²) in [7, 11) is 1.98. The molecule has 1 aromatic rings. The summed E-state index contributed by atoms with van der Waals surface area (Å²) in [4.78, 5) is 0. The van der Waals surface area contributed by atoms with E-state index in [1.165, 1.54) is 5.56 Å². The van der Waals surface area contributed by atoms with Crippen LogP contribution in [0.1, 0.15) is 39.7 Å². The lowest BCUT2D eigenvalue weighted by atomic mass is 9.87. The van der Waals surface area contributed by atoms with E-state index in [0.29, 0.717) is 6.04 Å². The highest BCUT2D eigenvalue weighted by atomic mass is 16.5. The molecule has 1 atom stereocenters. The van der Waals surface area contributed by atoms with Gasteiger partial charge in [-0.05, 0) is 36.6 Å². The lowest BCUT2D eigenvalue weighted by Gasteiger charge is -2.20. The maximum absolute atomic E-state index is 5.82. The second kappa shape index (κ2) is 6.06. The Morgan fingerprint density at radius 1 is 1.29 bits per heavy atom. The van der Waals surface area contributed by atoms with Gasteiger partial charge in [0.1, 0.15) is 12.4 Å². The Balaban J connectivity index is 2.66. The van der Waals surface area contributed by atoms with Crippen LogP contribution in [-0.2, 0) is 5.41 Å². The fourth-order valence-corrected chi connectivity index (χ4v) is 1.65. The maximum atomic E-state index is 5.82. The predicted molar refractivity (Wildman–Crippen MR) is 73.8 cm³/mol. The average molecular weight is 235 g/mol. The van der Waals surface area contributed by atoms with Gasteiger partial charge in [0.05, 0.1) is 0 Å². The molecule has 1 rings (SSSR count). The number of likely N-dealkylation sites (N-methyl/N-ethyl adjacent to an activating group) is 1. The second-order valence-electron chi connectivity index (χ2n) is 5.48. The van der Waals surface area contributed by atoms with Crippen LogP contribution in [-0.4, -0.2) is 19.7 Å². The van der Waals surface area contributed by atoms with Gasteiger partial charge in [0.2, 0.25) is 0 Å². The minimum atomic E-state index is 0.173. The number of ether oxygens (including phenoxy) is 1. The zero-order valence-corrected chi connectivity index (χ0v) is 11.7. The summed E-state index contributed by atoms with van der Waals surface area (Å²) >= 11 is 0. The van der Waals surface area contributed by atoms with E-state index in [-0.39, 0.29) is 5.41 Å². The van der Waals surface area contributed by atoms with Crippen LogP contribution in [0.5, 0.6) is 5.75 Å².